The Balaban J connectivity index is 2.21. The van der Waals surface area contributed by atoms with Crippen LogP contribution < -0.4 is 10.2 Å². The Bertz CT molecular complexity index is 634. The number of hydrogen-bond acceptors (Lipinski definition) is 6. The van der Waals surface area contributed by atoms with Gasteiger partial charge in [0.1, 0.15) is 0 Å². The Morgan fingerprint density at radius 1 is 1.61 bits per heavy atom. The Kier molecular flexibility index (Phi) is 3.38. The van der Waals surface area contributed by atoms with Crippen LogP contribution in [0.5, 0.6) is 0 Å². The van der Waals surface area contributed by atoms with E-state index in [4.69, 9.17) is 0 Å². The molecular formula is C10H10N4O3S. The summed E-state index contributed by atoms with van der Waals surface area (Å²) in [5.74, 6) is 0.201. The zero-order valence-electron chi connectivity index (χ0n) is 9.47. The Hall–Kier alpha value is -2.22. The molecule has 18 heavy (non-hydrogen) atoms. The van der Waals surface area contributed by atoms with Crippen LogP contribution in [0.15, 0.2) is 22.4 Å². The van der Waals surface area contributed by atoms with E-state index in [1.54, 1.807) is 18.4 Å². The molecule has 0 aliphatic heterocycles. The second kappa shape index (κ2) is 4.96. The first-order valence-electron chi connectivity index (χ1n) is 5.08. The highest BCUT2D eigenvalue weighted by Gasteiger charge is 2.18. The molecule has 2 heterocycles. The SMILES string of the molecule is Cc1ccnc(NCc2csc(=O)[nH]2)c1[N+](=O)[O-]. The summed E-state index contributed by atoms with van der Waals surface area (Å²) >= 11 is 1.05. The minimum atomic E-state index is -0.471. The van der Waals surface area contributed by atoms with Gasteiger partial charge in [-0.25, -0.2) is 4.98 Å². The van der Waals surface area contributed by atoms with Gasteiger partial charge in [-0.05, 0) is 13.0 Å². The van der Waals surface area contributed by atoms with Crippen molar-refractivity contribution in [3.63, 3.8) is 0 Å². The molecule has 2 aromatic heterocycles. The minimum Gasteiger partial charge on any atom is -0.359 e. The van der Waals surface area contributed by atoms with E-state index in [2.05, 4.69) is 15.3 Å². The lowest BCUT2D eigenvalue weighted by molar-refractivity contribution is -0.384. The van der Waals surface area contributed by atoms with Crippen molar-refractivity contribution >= 4 is 22.8 Å². The maximum absolute atomic E-state index is 10.9. The number of nitro groups is 1. The van der Waals surface area contributed by atoms with E-state index in [0.29, 0.717) is 11.3 Å². The first kappa shape index (κ1) is 12.2. The number of nitrogens with one attached hydrogen (secondary N) is 2. The third-order valence-electron chi connectivity index (χ3n) is 2.33. The molecule has 0 aliphatic carbocycles. The second-order valence-corrected chi connectivity index (χ2v) is 4.45. The number of nitrogens with zero attached hydrogens (tertiary/aromatic N) is 2. The fourth-order valence-electron chi connectivity index (χ4n) is 1.49. The van der Waals surface area contributed by atoms with Gasteiger partial charge >= 0.3 is 10.6 Å². The number of pyridine rings is 1. The maximum Gasteiger partial charge on any atom is 0.314 e. The van der Waals surface area contributed by atoms with Gasteiger partial charge in [-0.3, -0.25) is 14.9 Å². The summed E-state index contributed by atoms with van der Waals surface area (Å²) in [5.41, 5.74) is 1.16. The van der Waals surface area contributed by atoms with E-state index in [1.165, 1.54) is 6.20 Å². The highest BCUT2D eigenvalue weighted by molar-refractivity contribution is 7.07. The minimum absolute atomic E-state index is 0.0462. The van der Waals surface area contributed by atoms with Crippen molar-refractivity contribution in [2.75, 3.05) is 5.32 Å². The molecule has 0 aliphatic rings. The summed E-state index contributed by atoms with van der Waals surface area (Å²) in [5, 5.41) is 15.4. The average Bonchev–Trinajstić information content (AvgIpc) is 2.72. The van der Waals surface area contributed by atoms with E-state index >= 15 is 0 Å². The van der Waals surface area contributed by atoms with Crippen LogP contribution in [0.4, 0.5) is 11.5 Å². The highest BCUT2D eigenvalue weighted by atomic mass is 32.1. The molecule has 0 atom stereocenters. The normalized spacial score (nSPS) is 10.3. The van der Waals surface area contributed by atoms with Crippen molar-refractivity contribution in [3.8, 4) is 0 Å². The number of aromatic amines is 1. The zero-order chi connectivity index (χ0) is 13.1. The second-order valence-electron chi connectivity index (χ2n) is 3.61. The number of thiazole rings is 1. The van der Waals surface area contributed by atoms with E-state index < -0.39 is 4.92 Å². The first-order valence-corrected chi connectivity index (χ1v) is 5.96. The van der Waals surface area contributed by atoms with Crippen molar-refractivity contribution in [2.45, 2.75) is 13.5 Å². The van der Waals surface area contributed by atoms with Crippen LogP contribution in [-0.4, -0.2) is 14.9 Å². The Labute approximate surface area is 106 Å². The highest BCUT2D eigenvalue weighted by Crippen LogP contribution is 2.25. The summed E-state index contributed by atoms with van der Waals surface area (Å²) in [7, 11) is 0. The Morgan fingerprint density at radius 3 is 3.00 bits per heavy atom. The molecule has 0 unspecified atom stereocenters. The fraction of sp³-hybridized carbons (Fsp3) is 0.200. The molecule has 0 radical (unpaired) electrons. The molecule has 2 aromatic rings. The van der Waals surface area contributed by atoms with Crippen molar-refractivity contribution in [3.05, 3.63) is 48.7 Å². The number of aromatic nitrogens is 2. The van der Waals surface area contributed by atoms with Crippen LogP contribution in [-0.2, 0) is 6.54 Å². The topological polar surface area (TPSA) is 101 Å². The summed E-state index contributed by atoms with van der Waals surface area (Å²) in [4.78, 5) is 27.8. The number of aryl methyl sites for hydroxylation is 1. The lowest BCUT2D eigenvalue weighted by atomic mass is 10.2. The molecule has 0 aromatic carbocycles. The zero-order valence-corrected chi connectivity index (χ0v) is 10.3. The van der Waals surface area contributed by atoms with Crippen molar-refractivity contribution in [2.24, 2.45) is 0 Å². The molecule has 0 amide bonds. The van der Waals surface area contributed by atoms with Crippen LogP contribution in [0, 0.1) is 17.0 Å². The predicted octanol–water partition coefficient (Wildman–Crippen LogP) is 1.66. The predicted molar refractivity (Wildman–Crippen MR) is 67.9 cm³/mol. The molecular weight excluding hydrogens is 256 g/mol. The molecule has 0 saturated carbocycles. The third-order valence-corrected chi connectivity index (χ3v) is 3.04. The van der Waals surface area contributed by atoms with Crippen molar-refractivity contribution in [1.29, 1.82) is 0 Å². The quantitative estimate of drug-likeness (QED) is 0.647. The number of hydrogen-bond donors (Lipinski definition) is 2. The fourth-order valence-corrected chi connectivity index (χ4v) is 2.07. The molecule has 8 heteroatoms. The van der Waals surface area contributed by atoms with Gasteiger partial charge in [-0.2, -0.15) is 0 Å². The van der Waals surface area contributed by atoms with Gasteiger partial charge < -0.3 is 10.3 Å². The molecule has 2 rings (SSSR count). The molecule has 0 spiro atoms. The lowest BCUT2D eigenvalue weighted by Gasteiger charge is -2.05. The van der Waals surface area contributed by atoms with Crippen LogP contribution in [0.3, 0.4) is 0 Å². The number of H-pyrrole nitrogens is 1. The van der Waals surface area contributed by atoms with Crippen LogP contribution in [0.2, 0.25) is 0 Å². The largest absolute Gasteiger partial charge is 0.359 e. The van der Waals surface area contributed by atoms with Crippen molar-refractivity contribution in [1.82, 2.24) is 9.97 Å². The van der Waals surface area contributed by atoms with Gasteiger partial charge in [-0.1, -0.05) is 11.3 Å². The molecule has 0 bridgehead atoms. The molecule has 2 N–H and O–H groups in total. The van der Waals surface area contributed by atoms with Gasteiger partial charge in [-0.15, -0.1) is 0 Å². The van der Waals surface area contributed by atoms with Gasteiger partial charge in [0.15, 0.2) is 0 Å². The smallest absolute Gasteiger partial charge is 0.314 e. The van der Waals surface area contributed by atoms with E-state index in [-0.39, 0.29) is 22.9 Å². The monoisotopic (exact) mass is 266 g/mol. The molecule has 0 saturated heterocycles. The summed E-state index contributed by atoms with van der Waals surface area (Å²) in [6.45, 7) is 1.94. The summed E-state index contributed by atoms with van der Waals surface area (Å²) in [6, 6.07) is 1.58. The lowest BCUT2D eigenvalue weighted by Crippen LogP contribution is -2.07. The third kappa shape index (κ3) is 2.54. The van der Waals surface area contributed by atoms with Gasteiger partial charge in [0.2, 0.25) is 5.82 Å². The van der Waals surface area contributed by atoms with E-state index in [0.717, 1.165) is 11.3 Å². The van der Waals surface area contributed by atoms with Crippen LogP contribution in [0.25, 0.3) is 0 Å². The number of rotatable bonds is 4. The summed E-state index contributed by atoms with van der Waals surface area (Å²) < 4.78 is 0. The average molecular weight is 266 g/mol. The Morgan fingerprint density at radius 2 is 2.39 bits per heavy atom. The van der Waals surface area contributed by atoms with Gasteiger partial charge in [0.25, 0.3) is 0 Å². The van der Waals surface area contributed by atoms with Crippen LogP contribution in [0.1, 0.15) is 11.3 Å². The maximum atomic E-state index is 10.9. The van der Waals surface area contributed by atoms with Gasteiger partial charge in [0.05, 0.1) is 11.5 Å². The first-order chi connectivity index (χ1) is 8.58. The van der Waals surface area contributed by atoms with Crippen molar-refractivity contribution < 1.29 is 4.92 Å². The standard InChI is InChI=1S/C10H10N4O3S/c1-6-2-3-11-9(8(6)14(16)17)12-4-7-5-18-10(15)13-7/h2-3,5H,4H2,1H3,(H,11,12)(H,13,15). The van der Waals surface area contributed by atoms with Gasteiger partial charge in [0, 0.05) is 22.8 Å². The van der Waals surface area contributed by atoms with Crippen LogP contribution >= 0.6 is 11.3 Å². The summed E-state index contributed by atoms with van der Waals surface area (Å²) in [6.07, 6.45) is 1.50. The molecule has 7 nitrogen and oxygen atoms in total. The number of anilines is 1. The van der Waals surface area contributed by atoms with E-state index in [9.17, 15) is 14.9 Å². The molecule has 0 fully saturated rings. The molecule has 94 valence electrons. The van der Waals surface area contributed by atoms with E-state index in [1.807, 2.05) is 0 Å².